The molecule has 21 heavy (non-hydrogen) atoms. The summed E-state index contributed by atoms with van der Waals surface area (Å²) in [7, 11) is 0. The number of nitrogens with one attached hydrogen (secondary N) is 1. The number of rotatable bonds is 4. The van der Waals surface area contributed by atoms with E-state index in [1.165, 1.54) is 11.3 Å². The van der Waals surface area contributed by atoms with Crippen LogP contribution in [0.2, 0.25) is 0 Å². The zero-order valence-corrected chi connectivity index (χ0v) is 12.4. The standard InChI is InChI=1S/C15H15N3O2S/c1-2-13-17-18-15(21-13)16-14(20)12-8-5-7-11(10-12)6-3-4-9-19/h5,7-8,10,19H,2,4,9H2,1H3,(H,16,18,20). The Morgan fingerprint density at radius 1 is 1.43 bits per heavy atom. The molecule has 0 fully saturated rings. The minimum Gasteiger partial charge on any atom is -0.395 e. The monoisotopic (exact) mass is 301 g/mol. The number of aromatic nitrogens is 2. The van der Waals surface area contributed by atoms with E-state index in [1.807, 2.05) is 13.0 Å². The van der Waals surface area contributed by atoms with Crippen LogP contribution in [0, 0.1) is 11.8 Å². The van der Waals surface area contributed by atoms with Crippen molar-refractivity contribution < 1.29 is 9.90 Å². The van der Waals surface area contributed by atoms with Gasteiger partial charge in [0.15, 0.2) is 0 Å². The highest BCUT2D eigenvalue weighted by Gasteiger charge is 2.09. The molecule has 2 aromatic rings. The molecule has 0 spiro atoms. The minimum atomic E-state index is -0.236. The van der Waals surface area contributed by atoms with Gasteiger partial charge in [-0.25, -0.2) is 0 Å². The van der Waals surface area contributed by atoms with E-state index in [9.17, 15) is 4.79 Å². The molecular formula is C15H15N3O2S. The van der Waals surface area contributed by atoms with Gasteiger partial charge < -0.3 is 5.11 Å². The minimum absolute atomic E-state index is 0.0317. The Labute approximate surface area is 127 Å². The van der Waals surface area contributed by atoms with Crippen LogP contribution in [0.15, 0.2) is 24.3 Å². The number of carbonyl (C=O) groups is 1. The highest BCUT2D eigenvalue weighted by Crippen LogP contribution is 2.16. The van der Waals surface area contributed by atoms with Gasteiger partial charge in [-0.15, -0.1) is 10.2 Å². The average molecular weight is 301 g/mol. The molecule has 0 bridgehead atoms. The van der Waals surface area contributed by atoms with Crippen molar-refractivity contribution in [3.05, 3.63) is 40.4 Å². The van der Waals surface area contributed by atoms with Gasteiger partial charge in [-0.1, -0.05) is 36.2 Å². The zero-order chi connectivity index (χ0) is 15.1. The number of aliphatic hydroxyl groups excluding tert-OH is 1. The lowest BCUT2D eigenvalue weighted by molar-refractivity contribution is 0.102. The number of hydrogen-bond acceptors (Lipinski definition) is 5. The Balaban J connectivity index is 2.08. The topological polar surface area (TPSA) is 75.1 Å². The number of carbonyl (C=O) groups excluding carboxylic acids is 1. The van der Waals surface area contributed by atoms with Crippen LogP contribution in [0.1, 0.15) is 34.3 Å². The van der Waals surface area contributed by atoms with Crippen molar-refractivity contribution in [1.29, 1.82) is 0 Å². The first-order chi connectivity index (χ1) is 10.2. The van der Waals surface area contributed by atoms with Crippen LogP contribution >= 0.6 is 11.3 Å². The first-order valence-corrected chi connectivity index (χ1v) is 7.38. The summed E-state index contributed by atoms with van der Waals surface area (Å²) in [6, 6.07) is 7.02. The van der Waals surface area contributed by atoms with Gasteiger partial charge in [-0.05, 0) is 24.6 Å². The van der Waals surface area contributed by atoms with E-state index in [1.54, 1.807) is 18.2 Å². The molecule has 0 atom stereocenters. The van der Waals surface area contributed by atoms with Crippen molar-refractivity contribution in [2.75, 3.05) is 11.9 Å². The number of hydrogen-bond donors (Lipinski definition) is 2. The lowest BCUT2D eigenvalue weighted by Crippen LogP contribution is -2.11. The van der Waals surface area contributed by atoms with Crippen LogP contribution in [0.25, 0.3) is 0 Å². The Morgan fingerprint density at radius 3 is 3.00 bits per heavy atom. The van der Waals surface area contributed by atoms with E-state index in [2.05, 4.69) is 27.4 Å². The number of amides is 1. The maximum atomic E-state index is 12.1. The number of anilines is 1. The fourth-order valence-electron chi connectivity index (χ4n) is 1.57. The molecule has 0 saturated carbocycles. The molecule has 0 unspecified atom stereocenters. The van der Waals surface area contributed by atoms with Crippen molar-refractivity contribution in [3.8, 4) is 11.8 Å². The molecule has 6 heteroatoms. The SMILES string of the molecule is CCc1nnc(NC(=O)c2cccc(C#CCCO)c2)s1. The van der Waals surface area contributed by atoms with Crippen LogP contribution in [0.5, 0.6) is 0 Å². The molecule has 1 heterocycles. The van der Waals surface area contributed by atoms with E-state index in [0.29, 0.717) is 17.1 Å². The maximum absolute atomic E-state index is 12.1. The van der Waals surface area contributed by atoms with Crippen molar-refractivity contribution in [3.63, 3.8) is 0 Å². The number of aryl methyl sites for hydroxylation is 1. The van der Waals surface area contributed by atoms with Crippen LogP contribution < -0.4 is 5.32 Å². The first-order valence-electron chi connectivity index (χ1n) is 6.56. The summed E-state index contributed by atoms with van der Waals surface area (Å²) in [5, 5.41) is 20.7. The highest BCUT2D eigenvalue weighted by atomic mass is 32.1. The Kier molecular flexibility index (Phi) is 5.43. The zero-order valence-electron chi connectivity index (χ0n) is 11.6. The second-order valence-electron chi connectivity index (χ2n) is 4.16. The Hall–Kier alpha value is -2.23. The predicted octanol–water partition coefficient (Wildman–Crippen LogP) is 2.09. The molecule has 5 nitrogen and oxygen atoms in total. The van der Waals surface area contributed by atoms with Crippen molar-refractivity contribution in [1.82, 2.24) is 10.2 Å². The summed E-state index contributed by atoms with van der Waals surface area (Å²) < 4.78 is 0. The summed E-state index contributed by atoms with van der Waals surface area (Å²) in [5.74, 6) is 5.49. The van der Waals surface area contributed by atoms with Crippen molar-refractivity contribution in [2.24, 2.45) is 0 Å². The third-order valence-corrected chi connectivity index (χ3v) is 3.57. The largest absolute Gasteiger partial charge is 0.395 e. The number of benzene rings is 1. The van der Waals surface area contributed by atoms with Crippen LogP contribution in [0.3, 0.4) is 0 Å². The summed E-state index contributed by atoms with van der Waals surface area (Å²) in [4.78, 5) is 12.1. The molecule has 1 aromatic heterocycles. The third-order valence-electron chi connectivity index (χ3n) is 2.58. The number of aliphatic hydroxyl groups is 1. The van der Waals surface area contributed by atoms with E-state index >= 15 is 0 Å². The highest BCUT2D eigenvalue weighted by molar-refractivity contribution is 7.15. The molecule has 0 saturated heterocycles. The quantitative estimate of drug-likeness (QED) is 0.848. The van der Waals surface area contributed by atoms with Gasteiger partial charge in [-0.3, -0.25) is 10.1 Å². The Bertz CT molecular complexity index is 685. The van der Waals surface area contributed by atoms with Gasteiger partial charge in [0, 0.05) is 17.5 Å². The maximum Gasteiger partial charge on any atom is 0.257 e. The van der Waals surface area contributed by atoms with E-state index < -0.39 is 0 Å². The fraction of sp³-hybridized carbons (Fsp3) is 0.267. The van der Waals surface area contributed by atoms with Gasteiger partial charge in [-0.2, -0.15) is 0 Å². The van der Waals surface area contributed by atoms with Gasteiger partial charge in [0.25, 0.3) is 5.91 Å². The lowest BCUT2D eigenvalue weighted by atomic mass is 10.1. The van der Waals surface area contributed by atoms with E-state index in [0.717, 1.165) is 17.0 Å². The third kappa shape index (κ3) is 4.38. The van der Waals surface area contributed by atoms with Gasteiger partial charge in [0.1, 0.15) is 5.01 Å². The summed E-state index contributed by atoms with van der Waals surface area (Å²) in [5.41, 5.74) is 1.25. The molecule has 2 rings (SSSR count). The Morgan fingerprint density at radius 2 is 2.29 bits per heavy atom. The molecule has 0 aliphatic heterocycles. The second-order valence-corrected chi connectivity index (χ2v) is 5.23. The van der Waals surface area contributed by atoms with Crippen molar-refractivity contribution in [2.45, 2.75) is 19.8 Å². The van der Waals surface area contributed by atoms with Gasteiger partial charge in [0.2, 0.25) is 5.13 Å². The first kappa shape index (κ1) is 15.2. The van der Waals surface area contributed by atoms with Crippen molar-refractivity contribution >= 4 is 22.4 Å². The molecule has 0 aliphatic carbocycles. The molecule has 108 valence electrons. The van der Waals surface area contributed by atoms with E-state index in [-0.39, 0.29) is 12.5 Å². The second kappa shape index (κ2) is 7.53. The fourth-order valence-corrected chi connectivity index (χ4v) is 2.25. The van der Waals surface area contributed by atoms with Gasteiger partial charge in [0.05, 0.1) is 6.61 Å². The van der Waals surface area contributed by atoms with Crippen LogP contribution in [-0.2, 0) is 6.42 Å². The van der Waals surface area contributed by atoms with Crippen LogP contribution in [-0.4, -0.2) is 27.8 Å². The average Bonchev–Trinajstić information content (AvgIpc) is 2.95. The predicted molar refractivity (Wildman–Crippen MR) is 82.3 cm³/mol. The smallest absolute Gasteiger partial charge is 0.257 e. The summed E-state index contributed by atoms with van der Waals surface area (Å²) in [6.45, 7) is 2.02. The van der Waals surface area contributed by atoms with Crippen LogP contribution in [0.4, 0.5) is 5.13 Å². The normalized spacial score (nSPS) is 9.81. The molecular weight excluding hydrogens is 286 g/mol. The van der Waals surface area contributed by atoms with E-state index in [4.69, 9.17) is 5.11 Å². The summed E-state index contributed by atoms with van der Waals surface area (Å²) >= 11 is 1.37. The molecule has 1 amide bonds. The molecule has 2 N–H and O–H groups in total. The lowest BCUT2D eigenvalue weighted by Gasteiger charge is -2.01. The van der Waals surface area contributed by atoms with Gasteiger partial charge >= 0.3 is 0 Å². The number of nitrogens with zero attached hydrogens (tertiary/aromatic N) is 2. The summed E-state index contributed by atoms with van der Waals surface area (Å²) in [6.07, 6.45) is 1.21. The molecule has 0 aliphatic rings. The molecule has 1 aromatic carbocycles. The molecule has 0 radical (unpaired) electrons.